The second-order valence-electron chi connectivity index (χ2n) is 7.98. The van der Waals surface area contributed by atoms with Crippen LogP contribution in [0.3, 0.4) is 0 Å². The predicted molar refractivity (Wildman–Crippen MR) is 93.6 cm³/mol. The summed E-state index contributed by atoms with van der Waals surface area (Å²) >= 11 is 0. The summed E-state index contributed by atoms with van der Waals surface area (Å²) in [5.41, 5.74) is 1.20. The summed E-state index contributed by atoms with van der Waals surface area (Å²) in [6.45, 7) is 7.89. The van der Waals surface area contributed by atoms with Crippen LogP contribution in [0.1, 0.15) is 52.1 Å². The van der Waals surface area contributed by atoms with Crippen molar-refractivity contribution in [2.75, 3.05) is 6.61 Å². The van der Waals surface area contributed by atoms with Crippen LogP contribution < -0.4 is 5.32 Å². The summed E-state index contributed by atoms with van der Waals surface area (Å²) in [4.78, 5) is 12.3. The Balaban J connectivity index is 1.46. The van der Waals surface area contributed by atoms with Crippen molar-refractivity contribution in [3.05, 3.63) is 18.0 Å². The molecule has 1 aliphatic heterocycles. The van der Waals surface area contributed by atoms with Crippen molar-refractivity contribution in [3.63, 3.8) is 0 Å². The first kappa shape index (κ1) is 17.5. The molecular formula is C19H31N3O2. The van der Waals surface area contributed by atoms with Gasteiger partial charge in [0.2, 0.25) is 5.91 Å². The number of carbonyl (C=O) groups excluding carboxylic acids is 1. The molecule has 0 aromatic carbocycles. The molecule has 0 spiro atoms. The summed E-state index contributed by atoms with van der Waals surface area (Å²) < 4.78 is 8.08. The van der Waals surface area contributed by atoms with Gasteiger partial charge in [0, 0.05) is 30.9 Å². The molecule has 5 heteroatoms. The van der Waals surface area contributed by atoms with Crippen LogP contribution in [0.5, 0.6) is 0 Å². The van der Waals surface area contributed by atoms with E-state index in [0.717, 1.165) is 25.8 Å². The predicted octanol–water partition coefficient (Wildman–Crippen LogP) is 2.79. The maximum atomic E-state index is 12.3. The molecule has 2 heterocycles. The smallest absolute Gasteiger partial charge is 0.246 e. The highest BCUT2D eigenvalue weighted by Gasteiger charge is 2.32. The molecule has 3 rings (SSSR count). The Labute approximate surface area is 145 Å². The van der Waals surface area contributed by atoms with Crippen molar-refractivity contribution < 1.29 is 9.53 Å². The normalized spacial score (nSPS) is 30.2. The second kappa shape index (κ2) is 7.68. The lowest BCUT2D eigenvalue weighted by Crippen LogP contribution is -2.43. The molecule has 5 nitrogen and oxygen atoms in total. The number of hydrogen-bond acceptors (Lipinski definition) is 3. The van der Waals surface area contributed by atoms with E-state index in [-0.39, 0.29) is 24.7 Å². The second-order valence-corrected chi connectivity index (χ2v) is 7.98. The van der Waals surface area contributed by atoms with Crippen LogP contribution in [0, 0.1) is 17.8 Å². The van der Waals surface area contributed by atoms with Crippen LogP contribution in [0.15, 0.2) is 12.3 Å². The SMILES string of the molecule is CC1CCC(C(C)C)C(OCC(=O)NC2CCn3nccc3C2)C1. The van der Waals surface area contributed by atoms with Gasteiger partial charge in [-0.25, -0.2) is 0 Å². The highest BCUT2D eigenvalue weighted by Crippen LogP contribution is 2.35. The van der Waals surface area contributed by atoms with Gasteiger partial charge in [-0.3, -0.25) is 9.48 Å². The van der Waals surface area contributed by atoms with Gasteiger partial charge < -0.3 is 10.1 Å². The lowest BCUT2D eigenvalue weighted by Gasteiger charge is -2.37. The van der Waals surface area contributed by atoms with Crippen molar-refractivity contribution in [2.24, 2.45) is 17.8 Å². The number of aromatic nitrogens is 2. The summed E-state index contributed by atoms with van der Waals surface area (Å²) in [6, 6.07) is 2.24. The molecule has 1 aromatic heterocycles. The lowest BCUT2D eigenvalue weighted by molar-refractivity contribution is -0.132. The van der Waals surface area contributed by atoms with Crippen LogP contribution in [0.25, 0.3) is 0 Å². The number of nitrogens with one attached hydrogen (secondary N) is 1. The molecule has 0 bridgehead atoms. The van der Waals surface area contributed by atoms with E-state index in [4.69, 9.17) is 4.74 Å². The number of hydrogen-bond donors (Lipinski definition) is 1. The highest BCUT2D eigenvalue weighted by atomic mass is 16.5. The Bertz CT molecular complexity index is 555. The average Bonchev–Trinajstić information content (AvgIpc) is 3.00. The third-order valence-electron chi connectivity index (χ3n) is 5.70. The van der Waals surface area contributed by atoms with E-state index in [1.54, 1.807) is 0 Å². The van der Waals surface area contributed by atoms with E-state index < -0.39 is 0 Å². The Hall–Kier alpha value is -1.36. The van der Waals surface area contributed by atoms with Gasteiger partial charge >= 0.3 is 0 Å². The number of fused-ring (bicyclic) bond motifs is 1. The molecule has 1 saturated carbocycles. The van der Waals surface area contributed by atoms with Crippen molar-refractivity contribution in [3.8, 4) is 0 Å². The number of nitrogens with zero attached hydrogens (tertiary/aromatic N) is 2. The van der Waals surface area contributed by atoms with E-state index in [2.05, 4.69) is 31.2 Å². The van der Waals surface area contributed by atoms with E-state index in [1.807, 2.05) is 16.9 Å². The molecule has 134 valence electrons. The molecule has 0 radical (unpaired) electrons. The van der Waals surface area contributed by atoms with Crippen molar-refractivity contribution in [1.82, 2.24) is 15.1 Å². The molecule has 4 atom stereocenters. The fourth-order valence-electron chi connectivity index (χ4n) is 4.25. The van der Waals surface area contributed by atoms with Gasteiger partial charge in [0.1, 0.15) is 6.61 Å². The zero-order chi connectivity index (χ0) is 17.1. The van der Waals surface area contributed by atoms with Gasteiger partial charge in [-0.1, -0.05) is 27.2 Å². The minimum Gasteiger partial charge on any atom is -0.368 e. The fraction of sp³-hybridized carbons (Fsp3) is 0.789. The van der Waals surface area contributed by atoms with E-state index in [9.17, 15) is 4.79 Å². The molecule has 1 aromatic rings. The first-order valence-electron chi connectivity index (χ1n) is 9.44. The molecule has 2 aliphatic rings. The first-order chi connectivity index (χ1) is 11.5. The molecule has 1 aliphatic carbocycles. The molecule has 1 fully saturated rings. The Morgan fingerprint density at radius 1 is 1.42 bits per heavy atom. The van der Waals surface area contributed by atoms with Crippen molar-refractivity contribution in [2.45, 2.75) is 71.6 Å². The van der Waals surface area contributed by atoms with E-state index in [0.29, 0.717) is 17.8 Å². The number of ether oxygens (including phenoxy) is 1. The summed E-state index contributed by atoms with van der Waals surface area (Å²) in [5, 5.41) is 7.42. The van der Waals surface area contributed by atoms with Gasteiger partial charge in [-0.05, 0) is 43.1 Å². The maximum Gasteiger partial charge on any atom is 0.246 e. The summed E-state index contributed by atoms with van der Waals surface area (Å²) in [7, 11) is 0. The van der Waals surface area contributed by atoms with Gasteiger partial charge in [0.25, 0.3) is 0 Å². The summed E-state index contributed by atoms with van der Waals surface area (Å²) in [6.07, 6.45) is 7.45. The minimum atomic E-state index is 0.0219. The van der Waals surface area contributed by atoms with Crippen LogP contribution >= 0.6 is 0 Å². The van der Waals surface area contributed by atoms with Gasteiger partial charge in [0.15, 0.2) is 0 Å². The van der Waals surface area contributed by atoms with Crippen LogP contribution in [0.2, 0.25) is 0 Å². The Kier molecular flexibility index (Phi) is 5.59. The average molecular weight is 333 g/mol. The number of aryl methyl sites for hydroxylation is 1. The highest BCUT2D eigenvalue weighted by molar-refractivity contribution is 5.77. The first-order valence-corrected chi connectivity index (χ1v) is 9.44. The number of amides is 1. The Morgan fingerprint density at radius 2 is 2.25 bits per heavy atom. The fourth-order valence-corrected chi connectivity index (χ4v) is 4.25. The van der Waals surface area contributed by atoms with E-state index >= 15 is 0 Å². The maximum absolute atomic E-state index is 12.3. The molecule has 24 heavy (non-hydrogen) atoms. The van der Waals surface area contributed by atoms with Crippen molar-refractivity contribution in [1.29, 1.82) is 0 Å². The number of rotatable bonds is 5. The molecule has 4 unspecified atom stereocenters. The standard InChI is InChI=1S/C19H31N3O2/c1-13(2)17-5-4-14(3)10-18(17)24-12-19(23)21-15-7-9-22-16(11-15)6-8-20-22/h6,8,13-15,17-18H,4-5,7,9-12H2,1-3H3,(H,21,23). The largest absolute Gasteiger partial charge is 0.368 e. The van der Waals surface area contributed by atoms with Crippen LogP contribution in [-0.2, 0) is 22.5 Å². The molecule has 0 saturated heterocycles. The van der Waals surface area contributed by atoms with Crippen molar-refractivity contribution >= 4 is 5.91 Å². The van der Waals surface area contributed by atoms with Crippen LogP contribution in [-0.4, -0.2) is 34.4 Å². The number of carbonyl (C=O) groups is 1. The Morgan fingerprint density at radius 3 is 3.04 bits per heavy atom. The van der Waals surface area contributed by atoms with Gasteiger partial charge in [0.05, 0.1) is 6.10 Å². The zero-order valence-corrected chi connectivity index (χ0v) is 15.2. The lowest BCUT2D eigenvalue weighted by atomic mass is 9.75. The van der Waals surface area contributed by atoms with E-state index in [1.165, 1.54) is 18.5 Å². The molecular weight excluding hydrogens is 302 g/mol. The van der Waals surface area contributed by atoms with Gasteiger partial charge in [-0.2, -0.15) is 5.10 Å². The minimum absolute atomic E-state index is 0.0219. The quantitative estimate of drug-likeness (QED) is 0.901. The van der Waals surface area contributed by atoms with Crippen LogP contribution in [0.4, 0.5) is 0 Å². The molecule has 1 amide bonds. The summed E-state index contributed by atoms with van der Waals surface area (Å²) in [5.74, 6) is 1.92. The van der Waals surface area contributed by atoms with Gasteiger partial charge in [-0.15, -0.1) is 0 Å². The third-order valence-corrected chi connectivity index (χ3v) is 5.70. The topological polar surface area (TPSA) is 56.1 Å². The molecule has 1 N–H and O–H groups in total. The monoisotopic (exact) mass is 333 g/mol. The zero-order valence-electron chi connectivity index (χ0n) is 15.2. The third kappa shape index (κ3) is 4.18.